The lowest BCUT2D eigenvalue weighted by molar-refractivity contribution is -0.376. The van der Waals surface area contributed by atoms with Crippen molar-refractivity contribution in [3.63, 3.8) is 0 Å². The van der Waals surface area contributed by atoms with Crippen LogP contribution in [0.15, 0.2) is 0 Å². The maximum Gasteiger partial charge on any atom is 0.282 e. The fourth-order valence-electron chi connectivity index (χ4n) is 2.10. The van der Waals surface area contributed by atoms with Crippen molar-refractivity contribution in [1.29, 1.82) is 0 Å². The highest BCUT2D eigenvalue weighted by Crippen LogP contribution is 2.24. The lowest BCUT2D eigenvalue weighted by atomic mass is 10.1. The molecule has 3 heteroatoms. The van der Waals surface area contributed by atoms with Gasteiger partial charge in [0.1, 0.15) is 0 Å². The second-order valence-corrected chi connectivity index (χ2v) is 5.13. The first-order valence-corrected chi connectivity index (χ1v) is 7.38. The molecule has 0 atom stereocenters. The average Bonchev–Trinajstić information content (AvgIpc) is 2.36. The molecule has 18 heavy (non-hydrogen) atoms. The van der Waals surface area contributed by atoms with Gasteiger partial charge in [0.2, 0.25) is 0 Å². The van der Waals surface area contributed by atoms with E-state index in [1.807, 2.05) is 13.8 Å². The molecule has 0 bridgehead atoms. The summed E-state index contributed by atoms with van der Waals surface area (Å²) < 4.78 is 16.5. The van der Waals surface area contributed by atoms with Crippen LogP contribution < -0.4 is 0 Å². The minimum atomic E-state index is -0.850. The van der Waals surface area contributed by atoms with E-state index in [-0.39, 0.29) is 6.10 Å². The third kappa shape index (κ3) is 8.06. The van der Waals surface area contributed by atoms with Gasteiger partial charge in [-0.2, -0.15) is 0 Å². The third-order valence-electron chi connectivity index (χ3n) is 3.12. The van der Waals surface area contributed by atoms with Crippen molar-refractivity contribution in [2.45, 2.75) is 84.2 Å². The summed E-state index contributed by atoms with van der Waals surface area (Å²) in [7, 11) is 3.29. The first-order valence-electron chi connectivity index (χ1n) is 7.38. The van der Waals surface area contributed by atoms with E-state index in [4.69, 9.17) is 14.2 Å². The van der Waals surface area contributed by atoms with Gasteiger partial charge in [0, 0.05) is 20.6 Å². The van der Waals surface area contributed by atoms with Crippen LogP contribution in [0, 0.1) is 0 Å². The normalized spacial score (nSPS) is 12.3. The average molecular weight is 260 g/mol. The molecule has 0 aromatic carbocycles. The summed E-state index contributed by atoms with van der Waals surface area (Å²) in [5.41, 5.74) is 0. The van der Waals surface area contributed by atoms with Gasteiger partial charge in [-0.25, -0.2) is 0 Å². The molecule has 0 aromatic heterocycles. The van der Waals surface area contributed by atoms with Crippen molar-refractivity contribution >= 4 is 0 Å². The molecule has 0 saturated carbocycles. The Balaban J connectivity index is 3.76. The summed E-state index contributed by atoms with van der Waals surface area (Å²) in [5.74, 6) is -0.850. The minimum Gasteiger partial charge on any atom is -0.331 e. The molecule has 0 N–H and O–H groups in total. The van der Waals surface area contributed by atoms with Crippen LogP contribution in [0.25, 0.3) is 0 Å². The summed E-state index contributed by atoms with van der Waals surface area (Å²) >= 11 is 0. The van der Waals surface area contributed by atoms with Crippen LogP contribution in [0.5, 0.6) is 0 Å². The van der Waals surface area contributed by atoms with Gasteiger partial charge in [0.25, 0.3) is 5.97 Å². The van der Waals surface area contributed by atoms with Crippen molar-refractivity contribution in [3.8, 4) is 0 Å². The molecular weight excluding hydrogens is 228 g/mol. The fourth-order valence-corrected chi connectivity index (χ4v) is 2.10. The maximum absolute atomic E-state index is 5.74. The molecule has 0 rings (SSSR count). The number of rotatable bonds is 12. The first-order chi connectivity index (χ1) is 8.60. The highest BCUT2D eigenvalue weighted by Gasteiger charge is 2.31. The van der Waals surface area contributed by atoms with Gasteiger partial charge in [0.15, 0.2) is 0 Å². The Morgan fingerprint density at radius 3 is 1.78 bits per heavy atom. The van der Waals surface area contributed by atoms with E-state index in [2.05, 4.69) is 6.92 Å². The standard InChI is InChI=1S/C15H32O3/c1-6-7-8-9-10-11-12-13-15(16-4,17-5)18-14(2)3/h14H,6-13H2,1-5H3. The van der Waals surface area contributed by atoms with Gasteiger partial charge in [0.05, 0.1) is 6.10 Å². The van der Waals surface area contributed by atoms with Crippen molar-refractivity contribution in [2.24, 2.45) is 0 Å². The molecule has 0 aromatic rings. The zero-order chi connectivity index (χ0) is 13.9. The molecule has 0 aliphatic carbocycles. The Kier molecular flexibility index (Phi) is 10.7. The third-order valence-corrected chi connectivity index (χ3v) is 3.12. The molecule has 110 valence electrons. The highest BCUT2D eigenvalue weighted by atomic mass is 16.9. The SMILES string of the molecule is CCCCCCCCCC(OC)(OC)OC(C)C. The fraction of sp³-hybridized carbons (Fsp3) is 1.00. The summed E-state index contributed by atoms with van der Waals surface area (Å²) in [6.45, 7) is 6.24. The van der Waals surface area contributed by atoms with E-state index >= 15 is 0 Å². The molecule has 0 aliphatic heterocycles. The maximum atomic E-state index is 5.74. The second-order valence-electron chi connectivity index (χ2n) is 5.13. The zero-order valence-corrected chi connectivity index (χ0v) is 13.0. The van der Waals surface area contributed by atoms with Crippen molar-refractivity contribution in [2.75, 3.05) is 14.2 Å². The topological polar surface area (TPSA) is 27.7 Å². The quantitative estimate of drug-likeness (QED) is 0.382. The predicted molar refractivity (Wildman–Crippen MR) is 75.6 cm³/mol. The van der Waals surface area contributed by atoms with Gasteiger partial charge >= 0.3 is 0 Å². The Bertz CT molecular complexity index is 177. The molecule has 0 amide bonds. The minimum absolute atomic E-state index is 0.106. The monoisotopic (exact) mass is 260 g/mol. The van der Waals surface area contributed by atoms with Gasteiger partial charge in [-0.05, 0) is 20.3 Å². The van der Waals surface area contributed by atoms with Crippen LogP contribution in [0.1, 0.15) is 72.1 Å². The van der Waals surface area contributed by atoms with E-state index in [1.165, 1.54) is 38.5 Å². The van der Waals surface area contributed by atoms with Crippen molar-refractivity contribution in [1.82, 2.24) is 0 Å². The smallest absolute Gasteiger partial charge is 0.282 e. The second kappa shape index (κ2) is 10.8. The van der Waals surface area contributed by atoms with E-state index in [9.17, 15) is 0 Å². The van der Waals surface area contributed by atoms with Crippen LogP contribution in [-0.4, -0.2) is 26.3 Å². The molecule has 0 spiro atoms. The first kappa shape index (κ1) is 17.9. The van der Waals surface area contributed by atoms with E-state index < -0.39 is 5.97 Å². The molecular formula is C15H32O3. The van der Waals surface area contributed by atoms with Crippen molar-refractivity contribution < 1.29 is 14.2 Å². The molecule has 0 saturated heterocycles. The summed E-state index contributed by atoms with van der Waals surface area (Å²) in [5, 5.41) is 0. The largest absolute Gasteiger partial charge is 0.331 e. The number of methoxy groups -OCH3 is 2. The molecule has 0 heterocycles. The number of ether oxygens (including phenoxy) is 3. The van der Waals surface area contributed by atoms with Crippen LogP contribution >= 0.6 is 0 Å². The van der Waals surface area contributed by atoms with E-state index in [0.717, 1.165) is 12.8 Å². The Morgan fingerprint density at radius 1 is 0.833 bits per heavy atom. The van der Waals surface area contributed by atoms with Gasteiger partial charge in [-0.3, -0.25) is 0 Å². The molecule has 0 unspecified atom stereocenters. The molecule has 0 fully saturated rings. The lowest BCUT2D eigenvalue weighted by Crippen LogP contribution is -2.39. The van der Waals surface area contributed by atoms with Crippen LogP contribution in [0.4, 0.5) is 0 Å². The van der Waals surface area contributed by atoms with Gasteiger partial charge in [-0.15, -0.1) is 0 Å². The van der Waals surface area contributed by atoms with Gasteiger partial charge < -0.3 is 14.2 Å². The van der Waals surface area contributed by atoms with Crippen molar-refractivity contribution in [3.05, 3.63) is 0 Å². The van der Waals surface area contributed by atoms with E-state index in [0.29, 0.717) is 0 Å². The van der Waals surface area contributed by atoms with Gasteiger partial charge in [-0.1, -0.05) is 45.4 Å². The summed E-state index contributed by atoms with van der Waals surface area (Å²) in [6, 6.07) is 0. The Morgan fingerprint density at radius 2 is 1.33 bits per heavy atom. The Hall–Kier alpha value is -0.120. The highest BCUT2D eigenvalue weighted by molar-refractivity contribution is 4.59. The Labute approximate surface area is 113 Å². The molecule has 0 aliphatic rings. The summed E-state index contributed by atoms with van der Waals surface area (Å²) in [6.07, 6.45) is 9.87. The summed E-state index contributed by atoms with van der Waals surface area (Å²) in [4.78, 5) is 0. The number of hydrogen-bond donors (Lipinski definition) is 0. The zero-order valence-electron chi connectivity index (χ0n) is 13.0. The van der Waals surface area contributed by atoms with Crippen LogP contribution in [0.2, 0.25) is 0 Å². The lowest BCUT2D eigenvalue weighted by Gasteiger charge is -2.32. The number of unbranched alkanes of at least 4 members (excludes halogenated alkanes) is 6. The predicted octanol–water partition coefficient (Wildman–Crippen LogP) is 4.50. The molecule has 0 radical (unpaired) electrons. The molecule has 3 nitrogen and oxygen atoms in total. The number of hydrogen-bond acceptors (Lipinski definition) is 3. The van der Waals surface area contributed by atoms with Crippen LogP contribution in [0.3, 0.4) is 0 Å². The van der Waals surface area contributed by atoms with E-state index in [1.54, 1.807) is 14.2 Å². The van der Waals surface area contributed by atoms with Crippen LogP contribution in [-0.2, 0) is 14.2 Å².